The molecule has 11 heteroatoms. The summed E-state index contributed by atoms with van der Waals surface area (Å²) in [6, 6.07) is 22.7. The molecule has 1 saturated carbocycles. The highest BCUT2D eigenvalue weighted by molar-refractivity contribution is 6.03. The summed E-state index contributed by atoms with van der Waals surface area (Å²) < 4.78 is 44.8. The van der Waals surface area contributed by atoms with Gasteiger partial charge in [-0.3, -0.25) is 9.59 Å². The van der Waals surface area contributed by atoms with E-state index in [0.717, 1.165) is 34.4 Å². The van der Waals surface area contributed by atoms with E-state index in [-0.39, 0.29) is 49.0 Å². The molecule has 0 radical (unpaired) electrons. The molecule has 0 N–H and O–H groups in total. The van der Waals surface area contributed by atoms with Crippen LogP contribution in [0.4, 0.5) is 25.0 Å². The van der Waals surface area contributed by atoms with Crippen molar-refractivity contribution >= 4 is 29.3 Å². The van der Waals surface area contributed by atoms with Crippen LogP contribution in [-0.4, -0.2) is 73.9 Å². The molecule has 1 aliphatic carbocycles. The van der Waals surface area contributed by atoms with Gasteiger partial charge < -0.3 is 28.9 Å². The van der Waals surface area contributed by atoms with Gasteiger partial charge in [-0.05, 0) is 87.3 Å². The van der Waals surface area contributed by atoms with Crippen LogP contribution in [0.1, 0.15) is 57.9 Å². The fraction of sp³-hybridized carbons (Fsp3) is 0.447. The fourth-order valence-electron chi connectivity index (χ4n) is 6.69. The average Bonchev–Trinajstić information content (AvgIpc) is 3.91. The fourth-order valence-corrected chi connectivity index (χ4v) is 6.69. The summed E-state index contributed by atoms with van der Waals surface area (Å²) in [6.07, 6.45) is -2.07. The molecule has 0 unspecified atom stereocenters. The second-order valence-corrected chi connectivity index (χ2v) is 13.9. The van der Waals surface area contributed by atoms with Crippen molar-refractivity contribution in [2.75, 3.05) is 43.2 Å². The lowest BCUT2D eigenvalue weighted by molar-refractivity contribution is -0.192. The zero-order chi connectivity index (χ0) is 34.9. The Morgan fingerprint density at radius 1 is 0.980 bits per heavy atom. The first kappa shape index (κ1) is 34.4. The van der Waals surface area contributed by atoms with Gasteiger partial charge in [0.1, 0.15) is 5.60 Å². The van der Waals surface area contributed by atoms with Crippen LogP contribution in [0.15, 0.2) is 72.8 Å². The van der Waals surface area contributed by atoms with Crippen molar-refractivity contribution in [1.82, 2.24) is 4.90 Å². The highest BCUT2D eigenvalue weighted by Gasteiger charge is 2.51. The number of fused-ring (bicyclic) bond motifs is 1. The smallest absolute Gasteiger partial charge is 0.444 e. The number of halogens is 2. The molecule has 3 aromatic carbocycles. The van der Waals surface area contributed by atoms with Crippen LogP contribution in [0.25, 0.3) is 11.1 Å². The molecule has 260 valence electrons. The van der Waals surface area contributed by atoms with Crippen LogP contribution in [0, 0.1) is 5.92 Å². The normalized spacial score (nSPS) is 20.3. The number of rotatable bonds is 9. The molecule has 1 saturated heterocycles. The van der Waals surface area contributed by atoms with Crippen molar-refractivity contribution in [3.63, 3.8) is 0 Å². The minimum atomic E-state index is -4.01. The molecule has 0 bridgehead atoms. The summed E-state index contributed by atoms with van der Waals surface area (Å²) in [5.41, 5.74) is 3.04. The van der Waals surface area contributed by atoms with E-state index in [0.29, 0.717) is 25.1 Å². The van der Waals surface area contributed by atoms with Crippen molar-refractivity contribution in [3.05, 3.63) is 78.4 Å². The van der Waals surface area contributed by atoms with E-state index >= 15 is 0 Å². The van der Waals surface area contributed by atoms with Crippen LogP contribution in [0.2, 0.25) is 0 Å². The molecule has 9 nitrogen and oxygen atoms in total. The molecule has 3 amide bonds. The van der Waals surface area contributed by atoms with Crippen LogP contribution >= 0.6 is 0 Å². The van der Waals surface area contributed by atoms with Gasteiger partial charge in [0.15, 0.2) is 5.75 Å². The summed E-state index contributed by atoms with van der Waals surface area (Å²) in [4.78, 5) is 45.4. The molecular weight excluding hydrogens is 632 g/mol. The number of methoxy groups -OCH3 is 1. The van der Waals surface area contributed by atoms with Gasteiger partial charge in [-0.25, -0.2) is 4.79 Å². The summed E-state index contributed by atoms with van der Waals surface area (Å²) in [5.74, 6) is -2.61. The van der Waals surface area contributed by atoms with Crippen molar-refractivity contribution in [2.45, 2.75) is 70.1 Å². The Morgan fingerprint density at radius 3 is 2.41 bits per heavy atom. The first-order chi connectivity index (χ1) is 23.4. The van der Waals surface area contributed by atoms with Crippen molar-refractivity contribution in [1.29, 1.82) is 0 Å². The summed E-state index contributed by atoms with van der Waals surface area (Å²) in [6.45, 7) is 6.27. The number of carbonyl (C=O) groups is 3. The topological polar surface area (TPSA) is 88.6 Å². The molecule has 6 rings (SSSR count). The second-order valence-electron chi connectivity index (χ2n) is 13.9. The van der Waals surface area contributed by atoms with Crippen LogP contribution in [0.3, 0.4) is 0 Å². The lowest BCUT2D eigenvalue weighted by Crippen LogP contribution is -2.52. The number of alkyl halides is 2. The molecule has 2 atom stereocenters. The maximum absolute atomic E-state index is 14.9. The van der Waals surface area contributed by atoms with E-state index in [2.05, 4.69) is 6.07 Å². The number of hydrogen-bond acceptors (Lipinski definition) is 6. The third-order valence-corrected chi connectivity index (χ3v) is 9.13. The molecule has 2 aliphatic heterocycles. The maximum Gasteiger partial charge on any atom is 0.482 e. The van der Waals surface area contributed by atoms with Crippen molar-refractivity contribution < 1.29 is 37.4 Å². The highest BCUT2D eigenvalue weighted by Crippen LogP contribution is 2.45. The lowest BCUT2D eigenvalue weighted by Gasteiger charge is -2.41. The van der Waals surface area contributed by atoms with Gasteiger partial charge >= 0.3 is 18.1 Å². The maximum atomic E-state index is 14.9. The Kier molecular flexibility index (Phi) is 9.66. The first-order valence-electron chi connectivity index (χ1n) is 16.8. The van der Waals surface area contributed by atoms with E-state index in [9.17, 15) is 23.2 Å². The molecule has 2 heterocycles. The Balaban J connectivity index is 1.36. The Bertz CT molecular complexity index is 1690. The summed E-state index contributed by atoms with van der Waals surface area (Å²) in [5, 5.41) is 0. The predicted octanol–water partition coefficient (Wildman–Crippen LogP) is 7.24. The third-order valence-electron chi connectivity index (χ3n) is 9.13. The van der Waals surface area contributed by atoms with E-state index in [1.165, 1.54) is 13.2 Å². The van der Waals surface area contributed by atoms with Gasteiger partial charge in [0, 0.05) is 45.1 Å². The Labute approximate surface area is 285 Å². The zero-order valence-electron chi connectivity index (χ0n) is 28.4. The quantitative estimate of drug-likeness (QED) is 0.222. The van der Waals surface area contributed by atoms with Gasteiger partial charge in [0.2, 0.25) is 5.91 Å². The average molecular weight is 676 g/mol. The van der Waals surface area contributed by atoms with E-state index < -0.39 is 29.6 Å². The van der Waals surface area contributed by atoms with Gasteiger partial charge in [0.25, 0.3) is 0 Å². The van der Waals surface area contributed by atoms with Crippen molar-refractivity contribution in [3.8, 4) is 16.9 Å². The van der Waals surface area contributed by atoms with Gasteiger partial charge in [-0.2, -0.15) is 8.78 Å². The molecular formula is C38H43F2N3O6. The summed E-state index contributed by atoms with van der Waals surface area (Å²) in [7, 11) is 1.50. The third kappa shape index (κ3) is 7.56. The number of carbonyl (C=O) groups excluding carboxylic acids is 3. The minimum Gasteiger partial charge on any atom is -0.444 e. The van der Waals surface area contributed by atoms with Gasteiger partial charge in [-0.1, -0.05) is 54.6 Å². The standard InChI is InChI=1S/C38H43F2N3O6/c1-37(2,3)49-36(46)41-20-18-30(27-13-8-12-26(22-27)25-10-6-5-7-11-25)31(24-41)34(44)43(28-14-15-28)29-16-17-33-32(23-29)42(19-9-21-47-4)35(45)38(39,40)48-33/h5-8,10-13,16-17,22-23,28,30-31H,9,14-15,18-21,24H2,1-4H3/t30-,31+/m1/s1. The van der Waals surface area contributed by atoms with Crippen LogP contribution < -0.4 is 14.5 Å². The molecule has 0 aromatic heterocycles. The Morgan fingerprint density at radius 2 is 1.71 bits per heavy atom. The highest BCUT2D eigenvalue weighted by atomic mass is 19.3. The number of benzene rings is 3. The van der Waals surface area contributed by atoms with E-state index in [4.69, 9.17) is 14.2 Å². The predicted molar refractivity (Wildman–Crippen MR) is 182 cm³/mol. The second kappa shape index (κ2) is 13.8. The molecule has 2 fully saturated rings. The number of amides is 3. The Hall–Kier alpha value is -4.51. The van der Waals surface area contributed by atoms with Gasteiger partial charge in [-0.15, -0.1) is 0 Å². The number of ether oxygens (including phenoxy) is 3. The van der Waals surface area contributed by atoms with Crippen LogP contribution in [0.5, 0.6) is 5.75 Å². The van der Waals surface area contributed by atoms with Gasteiger partial charge in [0.05, 0.1) is 11.6 Å². The number of nitrogens with zero attached hydrogens (tertiary/aromatic N) is 3. The largest absolute Gasteiger partial charge is 0.482 e. The van der Waals surface area contributed by atoms with E-state index in [1.54, 1.807) is 21.9 Å². The number of hydrogen-bond donors (Lipinski definition) is 0. The molecule has 0 spiro atoms. The summed E-state index contributed by atoms with van der Waals surface area (Å²) >= 11 is 0. The first-order valence-corrected chi connectivity index (χ1v) is 16.8. The molecule has 49 heavy (non-hydrogen) atoms. The van der Waals surface area contributed by atoms with Crippen molar-refractivity contribution in [2.24, 2.45) is 5.92 Å². The number of anilines is 2. The number of likely N-dealkylation sites (tertiary alicyclic amines) is 1. The molecule has 3 aromatic rings. The lowest BCUT2D eigenvalue weighted by atomic mass is 9.79. The van der Waals surface area contributed by atoms with E-state index in [1.807, 2.05) is 69.3 Å². The zero-order valence-corrected chi connectivity index (χ0v) is 28.4. The SMILES string of the molecule is COCCCN1C(=O)C(F)(F)Oc2ccc(N(C(=O)[C@H]3CN(C(=O)OC(C)(C)C)CC[C@@H]3c3cccc(-c4ccccc4)c3)C3CC3)cc21. The monoisotopic (exact) mass is 675 g/mol. The minimum absolute atomic E-state index is 0.00719. The molecule has 3 aliphatic rings. The van der Waals surface area contributed by atoms with Crippen LogP contribution in [-0.2, 0) is 19.1 Å². The number of piperidine rings is 1.